The van der Waals surface area contributed by atoms with Crippen molar-refractivity contribution in [2.75, 3.05) is 43.8 Å². The van der Waals surface area contributed by atoms with Gasteiger partial charge in [-0.3, -0.25) is 4.90 Å². The first kappa shape index (κ1) is 18.8. The van der Waals surface area contributed by atoms with Gasteiger partial charge in [-0.25, -0.2) is 9.18 Å². The molecule has 0 aliphatic carbocycles. The highest BCUT2D eigenvalue weighted by molar-refractivity contribution is 5.68. The van der Waals surface area contributed by atoms with Crippen LogP contribution in [0.4, 0.5) is 20.6 Å². The van der Waals surface area contributed by atoms with E-state index in [9.17, 15) is 9.18 Å². The average molecular weight is 364 g/mol. The van der Waals surface area contributed by atoms with E-state index in [1.54, 1.807) is 11.0 Å². The molecule has 144 valence electrons. The lowest BCUT2D eigenvalue weighted by Gasteiger charge is -2.43. The quantitative estimate of drug-likeness (QED) is 0.804. The van der Waals surface area contributed by atoms with Crippen molar-refractivity contribution in [3.8, 4) is 0 Å². The summed E-state index contributed by atoms with van der Waals surface area (Å²) in [4.78, 5) is 16.2. The van der Waals surface area contributed by atoms with Crippen molar-refractivity contribution in [3.63, 3.8) is 0 Å². The number of anilines is 2. The third-order valence-corrected chi connectivity index (χ3v) is 5.61. The van der Waals surface area contributed by atoms with E-state index in [-0.39, 0.29) is 23.5 Å². The van der Waals surface area contributed by atoms with Gasteiger partial charge in [0.15, 0.2) is 0 Å². The summed E-state index contributed by atoms with van der Waals surface area (Å²) in [5.74, 6) is -0.281. The van der Waals surface area contributed by atoms with Crippen molar-refractivity contribution < 1.29 is 13.9 Å². The summed E-state index contributed by atoms with van der Waals surface area (Å²) in [5, 5.41) is 3.38. The van der Waals surface area contributed by atoms with Crippen LogP contribution in [0.2, 0.25) is 0 Å². The molecule has 26 heavy (non-hydrogen) atoms. The average Bonchev–Trinajstić information content (AvgIpc) is 3.03. The summed E-state index contributed by atoms with van der Waals surface area (Å²) in [6.07, 6.45) is 2.67. The molecule has 7 heteroatoms. The van der Waals surface area contributed by atoms with E-state index in [2.05, 4.69) is 17.1 Å². The largest absolute Gasteiger partial charge is 0.450 e. The summed E-state index contributed by atoms with van der Waals surface area (Å²) in [7, 11) is 0. The van der Waals surface area contributed by atoms with Crippen LogP contribution in [0.3, 0.4) is 0 Å². The van der Waals surface area contributed by atoms with E-state index in [0.29, 0.717) is 24.5 Å². The maximum absolute atomic E-state index is 13.4. The SMILES string of the molecule is CCOC(=O)N1CCC(C)(N2CCC(Nc3cc(F)ccc3N)CC2)C1. The molecule has 3 rings (SSSR count). The molecule has 6 nitrogen and oxygen atoms in total. The molecule has 1 unspecified atom stereocenters. The van der Waals surface area contributed by atoms with E-state index in [1.807, 2.05) is 6.92 Å². The molecule has 1 amide bonds. The lowest BCUT2D eigenvalue weighted by Crippen LogP contribution is -2.53. The second-order valence-corrected chi connectivity index (χ2v) is 7.50. The molecule has 2 aliphatic heterocycles. The zero-order chi connectivity index (χ0) is 18.7. The molecule has 0 radical (unpaired) electrons. The maximum Gasteiger partial charge on any atom is 0.409 e. The fourth-order valence-corrected chi connectivity index (χ4v) is 4.01. The normalized spacial score (nSPS) is 24.7. The maximum atomic E-state index is 13.4. The van der Waals surface area contributed by atoms with Crippen LogP contribution in [0.15, 0.2) is 18.2 Å². The number of benzene rings is 1. The number of nitrogens with two attached hydrogens (primary N) is 1. The van der Waals surface area contributed by atoms with E-state index in [0.717, 1.165) is 38.9 Å². The van der Waals surface area contributed by atoms with Crippen molar-refractivity contribution in [1.82, 2.24) is 9.80 Å². The zero-order valence-electron chi connectivity index (χ0n) is 15.6. The summed E-state index contributed by atoms with van der Waals surface area (Å²) < 4.78 is 18.6. The summed E-state index contributed by atoms with van der Waals surface area (Å²) in [6, 6.07) is 4.70. The van der Waals surface area contributed by atoms with Gasteiger partial charge >= 0.3 is 6.09 Å². The van der Waals surface area contributed by atoms with Crippen LogP contribution in [0.1, 0.15) is 33.1 Å². The highest BCUT2D eigenvalue weighted by Crippen LogP contribution is 2.32. The second-order valence-electron chi connectivity index (χ2n) is 7.50. The summed E-state index contributed by atoms with van der Waals surface area (Å²) in [5.41, 5.74) is 7.17. The molecule has 0 spiro atoms. The molecule has 2 saturated heterocycles. The highest BCUT2D eigenvalue weighted by Gasteiger charge is 2.42. The molecular weight excluding hydrogens is 335 g/mol. The smallest absolute Gasteiger partial charge is 0.409 e. The molecule has 1 atom stereocenters. The van der Waals surface area contributed by atoms with Gasteiger partial charge in [-0.05, 0) is 51.3 Å². The van der Waals surface area contributed by atoms with E-state index in [1.165, 1.54) is 12.1 Å². The number of nitrogens with one attached hydrogen (secondary N) is 1. The van der Waals surface area contributed by atoms with Gasteiger partial charge < -0.3 is 20.7 Å². The molecule has 1 aromatic carbocycles. The number of ether oxygens (including phenoxy) is 1. The third-order valence-electron chi connectivity index (χ3n) is 5.61. The fraction of sp³-hybridized carbons (Fsp3) is 0.632. The predicted molar refractivity (Wildman–Crippen MR) is 101 cm³/mol. The molecular formula is C19H29FN4O2. The number of piperidine rings is 1. The van der Waals surface area contributed by atoms with Crippen LogP contribution >= 0.6 is 0 Å². The first-order valence-corrected chi connectivity index (χ1v) is 9.39. The van der Waals surface area contributed by atoms with E-state index in [4.69, 9.17) is 10.5 Å². The highest BCUT2D eigenvalue weighted by atomic mass is 19.1. The molecule has 3 N–H and O–H groups in total. The fourth-order valence-electron chi connectivity index (χ4n) is 4.01. The van der Waals surface area contributed by atoms with Gasteiger partial charge in [0.1, 0.15) is 5.82 Å². The minimum Gasteiger partial charge on any atom is -0.450 e. The number of hydrogen-bond donors (Lipinski definition) is 2. The molecule has 1 aromatic rings. The Morgan fingerprint density at radius 2 is 2.12 bits per heavy atom. The monoisotopic (exact) mass is 364 g/mol. The first-order chi connectivity index (χ1) is 12.4. The Morgan fingerprint density at radius 3 is 2.81 bits per heavy atom. The Hall–Kier alpha value is -2.02. The summed E-state index contributed by atoms with van der Waals surface area (Å²) in [6.45, 7) is 7.81. The van der Waals surface area contributed by atoms with E-state index >= 15 is 0 Å². The lowest BCUT2D eigenvalue weighted by atomic mass is 9.94. The van der Waals surface area contributed by atoms with Gasteiger partial charge in [-0.1, -0.05) is 0 Å². The van der Waals surface area contributed by atoms with Gasteiger partial charge in [-0.2, -0.15) is 0 Å². The molecule has 2 heterocycles. The Labute approximate surface area is 154 Å². The topological polar surface area (TPSA) is 70.8 Å². The standard InChI is InChI=1S/C19H29FN4O2/c1-3-26-18(25)23-11-8-19(2,13-23)24-9-6-15(7-10-24)22-17-12-14(20)4-5-16(17)21/h4-5,12,15,22H,3,6-11,13,21H2,1-2H3. The van der Waals surface area contributed by atoms with Crippen molar-refractivity contribution in [3.05, 3.63) is 24.0 Å². The number of hydrogen-bond acceptors (Lipinski definition) is 5. The summed E-state index contributed by atoms with van der Waals surface area (Å²) >= 11 is 0. The van der Waals surface area contributed by atoms with Crippen molar-refractivity contribution in [2.24, 2.45) is 0 Å². The minimum atomic E-state index is -0.281. The zero-order valence-corrected chi connectivity index (χ0v) is 15.6. The van der Waals surface area contributed by atoms with Gasteiger partial charge in [0.05, 0.1) is 18.0 Å². The number of rotatable bonds is 4. The number of amides is 1. The van der Waals surface area contributed by atoms with Crippen LogP contribution in [0.5, 0.6) is 0 Å². The first-order valence-electron chi connectivity index (χ1n) is 9.39. The van der Waals surface area contributed by atoms with Crippen LogP contribution in [-0.2, 0) is 4.74 Å². The predicted octanol–water partition coefficient (Wildman–Crippen LogP) is 2.91. The second kappa shape index (κ2) is 7.70. The van der Waals surface area contributed by atoms with Crippen molar-refractivity contribution in [1.29, 1.82) is 0 Å². The van der Waals surface area contributed by atoms with Gasteiger partial charge in [-0.15, -0.1) is 0 Å². The number of likely N-dealkylation sites (tertiary alicyclic amines) is 2. The van der Waals surface area contributed by atoms with Crippen LogP contribution in [0, 0.1) is 5.82 Å². The number of nitrogen functional groups attached to an aromatic ring is 1. The van der Waals surface area contributed by atoms with Crippen LogP contribution < -0.4 is 11.1 Å². The van der Waals surface area contributed by atoms with Crippen LogP contribution in [-0.4, -0.2) is 60.3 Å². The third kappa shape index (κ3) is 4.03. The van der Waals surface area contributed by atoms with Crippen LogP contribution in [0.25, 0.3) is 0 Å². The number of carbonyl (C=O) groups excluding carboxylic acids is 1. The van der Waals surface area contributed by atoms with Gasteiger partial charge in [0.2, 0.25) is 0 Å². The molecule has 0 aromatic heterocycles. The van der Waals surface area contributed by atoms with E-state index < -0.39 is 0 Å². The Kier molecular flexibility index (Phi) is 5.55. The Morgan fingerprint density at radius 1 is 1.38 bits per heavy atom. The van der Waals surface area contributed by atoms with Crippen molar-refractivity contribution >= 4 is 17.5 Å². The lowest BCUT2D eigenvalue weighted by molar-refractivity contribution is 0.0739. The number of halogens is 1. The molecule has 0 bridgehead atoms. The van der Waals surface area contributed by atoms with Crippen molar-refractivity contribution in [2.45, 2.75) is 44.7 Å². The molecule has 2 aliphatic rings. The Bertz CT molecular complexity index is 648. The number of carbonyl (C=O) groups is 1. The minimum absolute atomic E-state index is 0.00435. The number of nitrogens with zero attached hydrogens (tertiary/aromatic N) is 2. The molecule has 2 fully saturated rings. The Balaban J connectivity index is 1.53. The van der Waals surface area contributed by atoms with Gasteiger partial charge in [0, 0.05) is 37.8 Å². The van der Waals surface area contributed by atoms with Gasteiger partial charge in [0.25, 0.3) is 0 Å². The molecule has 0 saturated carbocycles.